The second-order valence-corrected chi connectivity index (χ2v) is 4.42. The van der Waals surface area contributed by atoms with Crippen LogP contribution in [0.4, 0.5) is 0 Å². The molecule has 1 fully saturated rings. The molecular formula is C13H20N2O. The Hall–Kier alpha value is -1.06. The molecule has 88 valence electrons. The Bertz CT molecular complexity index is 319. The smallest absolute Gasteiger partial charge is 0.118 e. The van der Waals surface area contributed by atoms with Crippen LogP contribution >= 0.6 is 0 Å². The van der Waals surface area contributed by atoms with Gasteiger partial charge in [0.05, 0.1) is 7.11 Å². The molecule has 1 saturated carbocycles. The minimum atomic E-state index is 0.0755. The predicted octanol–water partition coefficient (Wildman–Crippen LogP) is 1.84. The molecule has 0 spiro atoms. The summed E-state index contributed by atoms with van der Waals surface area (Å²) in [5, 5.41) is 3.49. The highest BCUT2D eigenvalue weighted by molar-refractivity contribution is 5.29. The van der Waals surface area contributed by atoms with Crippen LogP contribution in [0.3, 0.4) is 0 Å². The molecule has 0 heterocycles. The first-order valence-corrected chi connectivity index (χ1v) is 5.92. The van der Waals surface area contributed by atoms with Gasteiger partial charge in [-0.2, -0.15) is 0 Å². The number of rotatable bonds is 5. The van der Waals surface area contributed by atoms with Crippen molar-refractivity contribution in [3.63, 3.8) is 0 Å². The van der Waals surface area contributed by atoms with Gasteiger partial charge in [0, 0.05) is 18.6 Å². The van der Waals surface area contributed by atoms with E-state index in [0.717, 1.165) is 17.9 Å². The van der Waals surface area contributed by atoms with E-state index in [0.29, 0.717) is 6.04 Å². The average molecular weight is 220 g/mol. The zero-order valence-electron chi connectivity index (χ0n) is 9.78. The maximum absolute atomic E-state index is 6.11. The summed E-state index contributed by atoms with van der Waals surface area (Å²) in [7, 11) is 1.67. The predicted molar refractivity (Wildman–Crippen MR) is 65.6 cm³/mol. The molecule has 2 rings (SSSR count). The zero-order chi connectivity index (χ0) is 11.4. The molecule has 16 heavy (non-hydrogen) atoms. The number of hydrogen-bond acceptors (Lipinski definition) is 3. The first-order chi connectivity index (χ1) is 7.79. The maximum atomic E-state index is 6.11. The molecule has 1 aliphatic rings. The number of hydrogen-bond donors (Lipinski definition) is 2. The summed E-state index contributed by atoms with van der Waals surface area (Å²) < 4.78 is 5.12. The molecule has 0 saturated heterocycles. The van der Waals surface area contributed by atoms with Gasteiger partial charge in [-0.3, -0.25) is 0 Å². The van der Waals surface area contributed by atoms with E-state index in [2.05, 4.69) is 5.32 Å². The summed E-state index contributed by atoms with van der Waals surface area (Å²) >= 11 is 0. The van der Waals surface area contributed by atoms with E-state index in [1.807, 2.05) is 24.3 Å². The van der Waals surface area contributed by atoms with Crippen molar-refractivity contribution in [3.8, 4) is 5.75 Å². The minimum Gasteiger partial charge on any atom is -0.497 e. The second kappa shape index (κ2) is 5.32. The zero-order valence-corrected chi connectivity index (χ0v) is 9.78. The van der Waals surface area contributed by atoms with Gasteiger partial charge in [-0.25, -0.2) is 0 Å². The van der Waals surface area contributed by atoms with E-state index in [1.54, 1.807) is 7.11 Å². The van der Waals surface area contributed by atoms with Crippen molar-refractivity contribution in [1.29, 1.82) is 0 Å². The Morgan fingerprint density at radius 2 is 2.06 bits per heavy atom. The molecule has 3 N–H and O–H groups in total. The van der Waals surface area contributed by atoms with E-state index >= 15 is 0 Å². The van der Waals surface area contributed by atoms with Gasteiger partial charge in [-0.1, -0.05) is 18.6 Å². The Morgan fingerprint density at radius 3 is 2.56 bits per heavy atom. The topological polar surface area (TPSA) is 47.3 Å². The molecule has 0 amide bonds. The maximum Gasteiger partial charge on any atom is 0.118 e. The van der Waals surface area contributed by atoms with Crippen molar-refractivity contribution in [3.05, 3.63) is 29.8 Å². The third-order valence-corrected chi connectivity index (χ3v) is 3.28. The van der Waals surface area contributed by atoms with Gasteiger partial charge in [0.15, 0.2) is 0 Å². The number of nitrogens with two attached hydrogens (primary N) is 1. The fourth-order valence-corrected chi connectivity index (χ4v) is 1.87. The van der Waals surface area contributed by atoms with Crippen LogP contribution in [0.5, 0.6) is 5.75 Å². The highest BCUT2D eigenvalue weighted by Gasteiger charge is 2.17. The van der Waals surface area contributed by atoms with Crippen molar-refractivity contribution in [2.24, 2.45) is 5.73 Å². The van der Waals surface area contributed by atoms with Crippen LogP contribution in [0.15, 0.2) is 24.3 Å². The number of nitrogens with one attached hydrogen (secondary N) is 1. The van der Waals surface area contributed by atoms with Gasteiger partial charge in [0.1, 0.15) is 5.75 Å². The first-order valence-electron chi connectivity index (χ1n) is 5.92. The van der Waals surface area contributed by atoms with Crippen LogP contribution in [-0.2, 0) is 0 Å². The molecule has 1 unspecified atom stereocenters. The molecule has 0 aliphatic heterocycles. The molecule has 0 aromatic heterocycles. The quantitative estimate of drug-likeness (QED) is 0.796. The number of methoxy groups -OCH3 is 1. The third-order valence-electron chi connectivity index (χ3n) is 3.28. The summed E-state index contributed by atoms with van der Waals surface area (Å²) in [6, 6.07) is 8.76. The standard InChI is InChI=1S/C13H20N2O/c1-16-12-7-5-10(6-8-12)13(14)9-15-11-3-2-4-11/h5-8,11,13,15H,2-4,9,14H2,1H3. The highest BCUT2D eigenvalue weighted by Crippen LogP contribution is 2.19. The van der Waals surface area contributed by atoms with Crippen LogP contribution < -0.4 is 15.8 Å². The molecule has 1 aromatic rings. The lowest BCUT2D eigenvalue weighted by atomic mass is 9.93. The van der Waals surface area contributed by atoms with E-state index < -0.39 is 0 Å². The Labute approximate surface area is 97.0 Å². The lowest BCUT2D eigenvalue weighted by Crippen LogP contribution is -2.39. The van der Waals surface area contributed by atoms with Crippen LogP contribution in [-0.4, -0.2) is 19.7 Å². The SMILES string of the molecule is COc1ccc(C(N)CNC2CCC2)cc1. The van der Waals surface area contributed by atoms with E-state index in [-0.39, 0.29) is 6.04 Å². The highest BCUT2D eigenvalue weighted by atomic mass is 16.5. The van der Waals surface area contributed by atoms with Crippen LogP contribution in [0.25, 0.3) is 0 Å². The Balaban J connectivity index is 1.84. The summed E-state index contributed by atoms with van der Waals surface area (Å²) in [5.41, 5.74) is 7.27. The summed E-state index contributed by atoms with van der Waals surface area (Å²) in [6.45, 7) is 0.858. The van der Waals surface area contributed by atoms with Crippen molar-refractivity contribution in [2.45, 2.75) is 31.3 Å². The molecular weight excluding hydrogens is 200 g/mol. The van der Waals surface area contributed by atoms with Crippen LogP contribution in [0.1, 0.15) is 30.9 Å². The van der Waals surface area contributed by atoms with Crippen LogP contribution in [0, 0.1) is 0 Å². The van der Waals surface area contributed by atoms with E-state index in [1.165, 1.54) is 19.3 Å². The van der Waals surface area contributed by atoms with Gasteiger partial charge in [-0.05, 0) is 30.5 Å². The normalized spacial score (nSPS) is 17.9. The van der Waals surface area contributed by atoms with Crippen molar-refractivity contribution in [2.75, 3.05) is 13.7 Å². The Kier molecular flexibility index (Phi) is 3.80. The monoisotopic (exact) mass is 220 g/mol. The third kappa shape index (κ3) is 2.74. The van der Waals surface area contributed by atoms with Gasteiger partial charge in [0.25, 0.3) is 0 Å². The van der Waals surface area contributed by atoms with Gasteiger partial charge >= 0.3 is 0 Å². The summed E-state index contributed by atoms with van der Waals surface area (Å²) in [4.78, 5) is 0. The molecule has 3 nitrogen and oxygen atoms in total. The van der Waals surface area contributed by atoms with Crippen LogP contribution in [0.2, 0.25) is 0 Å². The Morgan fingerprint density at radius 1 is 1.38 bits per heavy atom. The summed E-state index contributed by atoms with van der Waals surface area (Å²) in [5.74, 6) is 0.878. The van der Waals surface area contributed by atoms with Gasteiger partial charge in [0.2, 0.25) is 0 Å². The van der Waals surface area contributed by atoms with Gasteiger partial charge < -0.3 is 15.8 Å². The first kappa shape index (κ1) is 11.4. The lowest BCUT2D eigenvalue weighted by Gasteiger charge is -2.28. The lowest BCUT2D eigenvalue weighted by molar-refractivity contribution is 0.332. The fourth-order valence-electron chi connectivity index (χ4n) is 1.87. The molecule has 3 heteroatoms. The van der Waals surface area contributed by atoms with Crippen molar-refractivity contribution >= 4 is 0 Å². The second-order valence-electron chi connectivity index (χ2n) is 4.42. The van der Waals surface area contributed by atoms with Crippen molar-refractivity contribution < 1.29 is 4.74 Å². The molecule has 0 bridgehead atoms. The summed E-state index contributed by atoms with van der Waals surface area (Å²) in [6.07, 6.45) is 3.96. The number of ether oxygens (including phenoxy) is 1. The molecule has 0 radical (unpaired) electrons. The van der Waals surface area contributed by atoms with Crippen molar-refractivity contribution in [1.82, 2.24) is 5.32 Å². The van der Waals surface area contributed by atoms with E-state index in [4.69, 9.17) is 10.5 Å². The molecule has 1 aromatic carbocycles. The number of benzene rings is 1. The largest absolute Gasteiger partial charge is 0.497 e. The minimum absolute atomic E-state index is 0.0755. The van der Waals surface area contributed by atoms with E-state index in [9.17, 15) is 0 Å². The molecule has 1 atom stereocenters. The van der Waals surface area contributed by atoms with Gasteiger partial charge in [-0.15, -0.1) is 0 Å². The average Bonchev–Trinajstić information content (AvgIpc) is 2.27. The molecule has 1 aliphatic carbocycles. The fraction of sp³-hybridized carbons (Fsp3) is 0.538.